The molecule has 3 aromatic rings. The SMILES string of the molecule is CN(Cc1cc(-c2cccnc2)no1)c1nnc(N)s1. The Labute approximate surface area is 119 Å². The highest BCUT2D eigenvalue weighted by Crippen LogP contribution is 2.23. The molecule has 0 amide bonds. The van der Waals surface area contributed by atoms with Crippen LogP contribution in [0, 0.1) is 0 Å². The van der Waals surface area contributed by atoms with E-state index in [1.165, 1.54) is 11.3 Å². The first kappa shape index (κ1) is 12.5. The molecule has 0 bridgehead atoms. The number of rotatable bonds is 4. The molecule has 7 nitrogen and oxygen atoms in total. The summed E-state index contributed by atoms with van der Waals surface area (Å²) in [7, 11) is 1.90. The number of nitrogens with zero attached hydrogens (tertiary/aromatic N) is 5. The number of aromatic nitrogens is 4. The van der Waals surface area contributed by atoms with Crippen LogP contribution in [0.2, 0.25) is 0 Å². The van der Waals surface area contributed by atoms with Gasteiger partial charge >= 0.3 is 0 Å². The molecule has 0 radical (unpaired) electrons. The molecule has 0 aliphatic rings. The fourth-order valence-electron chi connectivity index (χ4n) is 1.72. The Morgan fingerprint density at radius 3 is 3.00 bits per heavy atom. The van der Waals surface area contributed by atoms with Gasteiger partial charge < -0.3 is 15.2 Å². The molecular formula is C12H12N6OS. The molecule has 0 atom stereocenters. The molecule has 8 heteroatoms. The van der Waals surface area contributed by atoms with E-state index in [-0.39, 0.29) is 0 Å². The number of hydrogen-bond donors (Lipinski definition) is 1. The zero-order valence-electron chi connectivity index (χ0n) is 10.7. The van der Waals surface area contributed by atoms with Crippen molar-refractivity contribution in [3.8, 4) is 11.3 Å². The zero-order valence-corrected chi connectivity index (χ0v) is 11.5. The molecule has 0 saturated heterocycles. The van der Waals surface area contributed by atoms with Gasteiger partial charge in [-0.2, -0.15) is 0 Å². The van der Waals surface area contributed by atoms with Gasteiger partial charge in [-0.1, -0.05) is 16.5 Å². The Morgan fingerprint density at radius 1 is 1.40 bits per heavy atom. The molecule has 0 fully saturated rings. The summed E-state index contributed by atoms with van der Waals surface area (Å²) in [6, 6.07) is 5.68. The van der Waals surface area contributed by atoms with E-state index >= 15 is 0 Å². The highest BCUT2D eigenvalue weighted by molar-refractivity contribution is 7.18. The maximum atomic E-state index is 5.57. The molecule has 0 aliphatic carbocycles. The average Bonchev–Trinajstić information content (AvgIpc) is 3.09. The van der Waals surface area contributed by atoms with Crippen molar-refractivity contribution in [1.82, 2.24) is 20.3 Å². The Kier molecular flexibility index (Phi) is 3.30. The summed E-state index contributed by atoms with van der Waals surface area (Å²) in [6.45, 7) is 0.544. The van der Waals surface area contributed by atoms with Gasteiger partial charge in [0.05, 0.1) is 6.54 Å². The monoisotopic (exact) mass is 288 g/mol. The van der Waals surface area contributed by atoms with Crippen LogP contribution in [-0.4, -0.2) is 27.4 Å². The van der Waals surface area contributed by atoms with Gasteiger partial charge in [-0.3, -0.25) is 4.98 Å². The van der Waals surface area contributed by atoms with E-state index < -0.39 is 0 Å². The lowest BCUT2D eigenvalue weighted by atomic mass is 10.2. The molecule has 0 unspecified atom stereocenters. The number of nitrogen functional groups attached to an aromatic ring is 1. The van der Waals surface area contributed by atoms with Crippen LogP contribution in [-0.2, 0) is 6.54 Å². The summed E-state index contributed by atoms with van der Waals surface area (Å²) in [5.74, 6) is 0.736. The standard InChI is InChI=1S/C12H12N6OS/c1-18(12-16-15-11(13)20-12)7-9-5-10(17-19-9)8-3-2-4-14-6-8/h2-6H,7H2,1H3,(H2,13,15). The molecule has 0 spiro atoms. The summed E-state index contributed by atoms with van der Waals surface area (Å²) in [6.07, 6.45) is 3.47. The highest BCUT2D eigenvalue weighted by Gasteiger charge is 2.12. The van der Waals surface area contributed by atoms with Gasteiger partial charge in [0.1, 0.15) is 5.69 Å². The van der Waals surface area contributed by atoms with Gasteiger partial charge in [0.15, 0.2) is 5.76 Å². The van der Waals surface area contributed by atoms with E-state index in [4.69, 9.17) is 10.3 Å². The molecule has 3 aromatic heterocycles. The van der Waals surface area contributed by atoms with Crippen LogP contribution >= 0.6 is 11.3 Å². The summed E-state index contributed by atoms with van der Waals surface area (Å²) in [5, 5.41) is 13.0. The van der Waals surface area contributed by atoms with Crippen LogP contribution in [0.3, 0.4) is 0 Å². The largest absolute Gasteiger partial charge is 0.374 e. The third kappa shape index (κ3) is 2.59. The van der Waals surface area contributed by atoms with E-state index in [1.54, 1.807) is 12.4 Å². The Balaban J connectivity index is 1.74. The lowest BCUT2D eigenvalue weighted by molar-refractivity contribution is 0.385. The molecule has 3 heterocycles. The molecule has 0 aliphatic heterocycles. The normalized spacial score (nSPS) is 10.7. The van der Waals surface area contributed by atoms with Crippen molar-refractivity contribution in [2.75, 3.05) is 17.7 Å². The van der Waals surface area contributed by atoms with Crippen molar-refractivity contribution >= 4 is 21.6 Å². The van der Waals surface area contributed by atoms with E-state index in [1.807, 2.05) is 30.1 Å². The van der Waals surface area contributed by atoms with E-state index in [0.29, 0.717) is 11.7 Å². The molecule has 0 saturated carbocycles. The predicted octanol–water partition coefficient (Wildman–Crippen LogP) is 1.81. The number of anilines is 2. The molecular weight excluding hydrogens is 276 g/mol. The van der Waals surface area contributed by atoms with Gasteiger partial charge in [0, 0.05) is 31.1 Å². The van der Waals surface area contributed by atoms with Crippen molar-refractivity contribution in [1.29, 1.82) is 0 Å². The van der Waals surface area contributed by atoms with Gasteiger partial charge in [0.25, 0.3) is 0 Å². The second-order valence-corrected chi connectivity index (χ2v) is 5.19. The van der Waals surface area contributed by atoms with Crippen molar-refractivity contribution in [3.63, 3.8) is 0 Å². The van der Waals surface area contributed by atoms with Crippen LogP contribution < -0.4 is 10.6 Å². The molecule has 0 aromatic carbocycles. The summed E-state index contributed by atoms with van der Waals surface area (Å²) in [5.41, 5.74) is 7.25. The van der Waals surface area contributed by atoms with Gasteiger partial charge in [-0.25, -0.2) is 0 Å². The second kappa shape index (κ2) is 5.25. The highest BCUT2D eigenvalue weighted by atomic mass is 32.1. The third-order valence-electron chi connectivity index (χ3n) is 2.67. The third-order valence-corrected chi connectivity index (χ3v) is 3.53. The Hall–Kier alpha value is -2.48. The number of nitrogens with two attached hydrogens (primary N) is 1. The molecule has 3 rings (SSSR count). The van der Waals surface area contributed by atoms with Crippen molar-refractivity contribution in [3.05, 3.63) is 36.4 Å². The minimum atomic E-state index is 0.445. The van der Waals surface area contributed by atoms with Gasteiger partial charge in [0.2, 0.25) is 10.3 Å². The van der Waals surface area contributed by atoms with E-state index in [0.717, 1.165) is 22.1 Å². The first-order valence-corrected chi connectivity index (χ1v) is 6.70. The van der Waals surface area contributed by atoms with Gasteiger partial charge in [-0.15, -0.1) is 10.2 Å². The van der Waals surface area contributed by atoms with Gasteiger partial charge in [-0.05, 0) is 12.1 Å². The van der Waals surface area contributed by atoms with Crippen LogP contribution in [0.4, 0.5) is 10.3 Å². The fraction of sp³-hybridized carbons (Fsp3) is 0.167. The Morgan fingerprint density at radius 2 is 2.30 bits per heavy atom. The van der Waals surface area contributed by atoms with E-state index in [9.17, 15) is 0 Å². The minimum Gasteiger partial charge on any atom is -0.374 e. The first-order valence-electron chi connectivity index (χ1n) is 5.88. The second-order valence-electron chi connectivity index (χ2n) is 4.20. The van der Waals surface area contributed by atoms with Crippen LogP contribution in [0.1, 0.15) is 5.76 Å². The first-order chi connectivity index (χ1) is 9.72. The van der Waals surface area contributed by atoms with Crippen molar-refractivity contribution in [2.45, 2.75) is 6.54 Å². The molecule has 20 heavy (non-hydrogen) atoms. The van der Waals surface area contributed by atoms with Crippen LogP contribution in [0.5, 0.6) is 0 Å². The average molecular weight is 288 g/mol. The Bertz CT molecular complexity index is 695. The maximum Gasteiger partial charge on any atom is 0.210 e. The van der Waals surface area contributed by atoms with Crippen LogP contribution in [0.15, 0.2) is 35.1 Å². The predicted molar refractivity (Wildman–Crippen MR) is 76.2 cm³/mol. The van der Waals surface area contributed by atoms with Crippen molar-refractivity contribution in [2.24, 2.45) is 0 Å². The van der Waals surface area contributed by atoms with E-state index in [2.05, 4.69) is 20.3 Å². The number of pyridine rings is 1. The summed E-state index contributed by atoms with van der Waals surface area (Å²) in [4.78, 5) is 5.96. The topological polar surface area (TPSA) is 94.0 Å². The summed E-state index contributed by atoms with van der Waals surface area (Å²) < 4.78 is 5.32. The smallest absolute Gasteiger partial charge is 0.210 e. The van der Waals surface area contributed by atoms with Crippen LogP contribution in [0.25, 0.3) is 11.3 Å². The van der Waals surface area contributed by atoms with Crippen molar-refractivity contribution < 1.29 is 4.52 Å². The lowest BCUT2D eigenvalue weighted by Crippen LogP contribution is -2.15. The minimum absolute atomic E-state index is 0.445. The zero-order chi connectivity index (χ0) is 13.9. The quantitative estimate of drug-likeness (QED) is 0.782. The molecule has 2 N–H and O–H groups in total. The summed E-state index contributed by atoms with van der Waals surface area (Å²) >= 11 is 1.33. The maximum absolute atomic E-state index is 5.57. The molecule has 102 valence electrons. The fourth-order valence-corrected chi connectivity index (χ4v) is 2.29. The lowest BCUT2D eigenvalue weighted by Gasteiger charge is -2.11. The number of hydrogen-bond acceptors (Lipinski definition) is 8.